The molecule has 0 spiro atoms. The van der Waals surface area contributed by atoms with Crippen LogP contribution in [0, 0.1) is 11.6 Å². The van der Waals surface area contributed by atoms with Gasteiger partial charge in [-0.1, -0.05) is 36.4 Å². The van der Waals surface area contributed by atoms with Gasteiger partial charge in [-0.3, -0.25) is 4.79 Å². The Labute approximate surface area is 254 Å². The Bertz CT molecular complexity index is 1660. The fraction of sp³-hybridized carbons (Fsp3) is 0.281. The van der Waals surface area contributed by atoms with Crippen molar-refractivity contribution in [3.8, 4) is 0 Å². The lowest BCUT2D eigenvalue weighted by atomic mass is 9.93. The summed E-state index contributed by atoms with van der Waals surface area (Å²) in [5, 5.41) is 12.1. The Kier molecular flexibility index (Phi) is 11.0. The average Bonchev–Trinajstić information content (AvgIpc) is 3.51. The second-order valence-corrected chi connectivity index (χ2v) is 12.7. The molecule has 0 radical (unpaired) electrons. The van der Waals surface area contributed by atoms with Gasteiger partial charge in [0.1, 0.15) is 33.6 Å². The van der Waals surface area contributed by atoms with Gasteiger partial charge in [-0.05, 0) is 71.8 Å². The van der Waals surface area contributed by atoms with Gasteiger partial charge >= 0.3 is 5.97 Å². The molecule has 0 saturated carbocycles. The van der Waals surface area contributed by atoms with Gasteiger partial charge in [0.15, 0.2) is 0 Å². The van der Waals surface area contributed by atoms with Crippen LogP contribution in [0.3, 0.4) is 0 Å². The summed E-state index contributed by atoms with van der Waals surface area (Å²) in [4.78, 5) is 29.3. The lowest BCUT2D eigenvalue weighted by Crippen LogP contribution is -2.42. The number of hydrogen-bond donors (Lipinski definition) is 2. The summed E-state index contributed by atoms with van der Waals surface area (Å²) in [5.41, 5.74) is 2.97. The Morgan fingerprint density at radius 2 is 1.64 bits per heavy atom. The number of imidazole rings is 1. The van der Waals surface area contributed by atoms with E-state index >= 15 is 0 Å². The highest BCUT2D eigenvalue weighted by Gasteiger charge is 2.25. The Morgan fingerprint density at radius 1 is 0.977 bits per heavy atom. The number of aromatic nitrogens is 2. The van der Waals surface area contributed by atoms with Gasteiger partial charge in [-0.25, -0.2) is 27.0 Å². The highest BCUT2D eigenvalue weighted by atomic mass is 32.2. The van der Waals surface area contributed by atoms with Gasteiger partial charge in [0, 0.05) is 30.8 Å². The van der Waals surface area contributed by atoms with E-state index in [2.05, 4.69) is 10.3 Å². The van der Waals surface area contributed by atoms with Gasteiger partial charge in [0.05, 0.1) is 18.7 Å². The maximum Gasteiger partial charge on any atom is 0.326 e. The summed E-state index contributed by atoms with van der Waals surface area (Å²) in [6.07, 6.45) is 5.99. The van der Waals surface area contributed by atoms with E-state index in [4.69, 9.17) is 4.74 Å². The summed E-state index contributed by atoms with van der Waals surface area (Å²) in [5.74, 6) is -3.21. The first kappa shape index (κ1) is 32.5. The van der Waals surface area contributed by atoms with Crippen LogP contribution in [-0.4, -0.2) is 59.6 Å². The molecule has 2 N–H and O–H groups in total. The second-order valence-electron chi connectivity index (χ2n) is 10.4. The standard InChI is InChI=1S/C32H33F2N3O6S/c1-44(41,42)19-14-29(32(39)40)36-31(38)28-13-8-25(20-24(28)5-2-22-3-9-26(33)10-4-22)30(23-6-11-27(34)12-7-23)43-18-17-37-16-15-35-21-37/h3-4,6-13,15-16,20-21,29-30H,2,5,14,17-19H2,1H3,(H,36,38)(H,39,40)/t29-,30?/m0/s1. The Balaban J connectivity index is 1.65. The van der Waals surface area contributed by atoms with Crippen molar-refractivity contribution < 1.29 is 36.6 Å². The minimum absolute atomic E-state index is 0.206. The molecule has 1 unspecified atom stereocenters. The highest BCUT2D eigenvalue weighted by molar-refractivity contribution is 7.90. The fourth-order valence-electron chi connectivity index (χ4n) is 4.68. The number of sulfone groups is 1. The van der Waals surface area contributed by atoms with Crippen LogP contribution in [0.4, 0.5) is 8.78 Å². The molecule has 3 aromatic carbocycles. The van der Waals surface area contributed by atoms with E-state index in [-0.39, 0.29) is 17.8 Å². The van der Waals surface area contributed by atoms with E-state index < -0.39 is 45.4 Å². The van der Waals surface area contributed by atoms with Crippen molar-refractivity contribution >= 4 is 21.7 Å². The van der Waals surface area contributed by atoms with Crippen LogP contribution in [0.15, 0.2) is 85.5 Å². The van der Waals surface area contributed by atoms with Crippen LogP contribution in [0.5, 0.6) is 0 Å². The lowest BCUT2D eigenvalue weighted by molar-refractivity contribution is -0.139. The minimum Gasteiger partial charge on any atom is -0.480 e. The number of carboxylic acids is 1. The van der Waals surface area contributed by atoms with Gasteiger partial charge in [0.25, 0.3) is 5.91 Å². The molecule has 12 heteroatoms. The fourth-order valence-corrected chi connectivity index (χ4v) is 5.34. The molecule has 0 saturated heterocycles. The number of carboxylic acid groups (broad SMARTS) is 1. The van der Waals surface area contributed by atoms with Crippen molar-refractivity contribution in [2.75, 3.05) is 18.6 Å². The number of rotatable bonds is 15. The zero-order valence-electron chi connectivity index (χ0n) is 24.0. The van der Waals surface area contributed by atoms with Crippen molar-refractivity contribution in [2.24, 2.45) is 0 Å². The molecule has 0 aliphatic heterocycles. The summed E-state index contributed by atoms with van der Waals surface area (Å²) < 4.78 is 58.6. The zero-order valence-corrected chi connectivity index (χ0v) is 24.8. The molecule has 0 bridgehead atoms. The summed E-state index contributed by atoms with van der Waals surface area (Å²) in [7, 11) is -3.45. The number of aryl methyl sites for hydroxylation is 2. The normalized spacial score (nSPS) is 12.9. The number of aliphatic carboxylic acids is 1. The van der Waals surface area contributed by atoms with Gasteiger partial charge in [-0.15, -0.1) is 0 Å². The molecule has 1 aromatic heterocycles. The first-order valence-corrected chi connectivity index (χ1v) is 16.0. The molecular formula is C32H33F2N3O6S. The Hall–Kier alpha value is -4.42. The molecule has 4 aromatic rings. The summed E-state index contributed by atoms with van der Waals surface area (Å²) in [6, 6.07) is 15.5. The number of hydrogen-bond acceptors (Lipinski definition) is 6. The second kappa shape index (κ2) is 14.8. The third-order valence-corrected chi connectivity index (χ3v) is 8.00. The number of nitrogens with one attached hydrogen (secondary N) is 1. The lowest BCUT2D eigenvalue weighted by Gasteiger charge is -2.22. The van der Waals surface area contributed by atoms with Crippen molar-refractivity contribution in [2.45, 2.75) is 38.0 Å². The molecule has 1 heterocycles. The predicted octanol–water partition coefficient (Wildman–Crippen LogP) is 4.37. The van der Waals surface area contributed by atoms with Crippen LogP contribution in [-0.2, 0) is 38.8 Å². The Morgan fingerprint density at radius 3 is 2.25 bits per heavy atom. The van der Waals surface area contributed by atoms with Gasteiger partial charge in [-0.2, -0.15) is 0 Å². The number of nitrogens with zero attached hydrogens (tertiary/aromatic N) is 2. The van der Waals surface area contributed by atoms with Crippen LogP contribution >= 0.6 is 0 Å². The third kappa shape index (κ3) is 9.55. The van der Waals surface area contributed by atoms with Crippen LogP contribution in [0.1, 0.15) is 45.1 Å². The first-order valence-electron chi connectivity index (χ1n) is 13.9. The number of benzene rings is 3. The van der Waals surface area contributed by atoms with E-state index in [1.54, 1.807) is 61.2 Å². The van der Waals surface area contributed by atoms with Crippen molar-refractivity contribution in [1.29, 1.82) is 0 Å². The number of amides is 1. The largest absolute Gasteiger partial charge is 0.480 e. The molecule has 0 fully saturated rings. The van der Waals surface area contributed by atoms with Crippen LogP contribution in [0.25, 0.3) is 0 Å². The topological polar surface area (TPSA) is 128 Å². The van der Waals surface area contributed by atoms with Crippen LogP contribution < -0.4 is 5.32 Å². The molecule has 9 nitrogen and oxygen atoms in total. The average molecular weight is 626 g/mol. The molecule has 1 amide bonds. The molecule has 0 aliphatic carbocycles. The predicted molar refractivity (Wildman–Crippen MR) is 160 cm³/mol. The molecule has 0 aliphatic rings. The molecule has 232 valence electrons. The number of halogens is 2. The van der Waals surface area contributed by atoms with Gasteiger partial charge in [0.2, 0.25) is 0 Å². The molecule has 2 atom stereocenters. The molecule has 44 heavy (non-hydrogen) atoms. The SMILES string of the molecule is CS(=O)(=O)CC[C@H](NC(=O)c1ccc(C(OCCn2ccnc2)c2ccc(F)cc2)cc1CCc1ccc(F)cc1)C(=O)O. The van der Waals surface area contributed by atoms with Crippen molar-refractivity contribution in [3.63, 3.8) is 0 Å². The molecule has 4 rings (SSSR count). The minimum atomic E-state index is -3.45. The maximum atomic E-state index is 13.8. The quantitative estimate of drug-likeness (QED) is 0.201. The van der Waals surface area contributed by atoms with Crippen molar-refractivity contribution in [3.05, 3.63) is 125 Å². The van der Waals surface area contributed by atoms with E-state index in [9.17, 15) is 31.9 Å². The van der Waals surface area contributed by atoms with Crippen LogP contribution in [0.2, 0.25) is 0 Å². The third-order valence-electron chi connectivity index (χ3n) is 7.02. The molecular weight excluding hydrogens is 592 g/mol. The monoisotopic (exact) mass is 625 g/mol. The number of carbonyl (C=O) groups excluding carboxylic acids is 1. The highest BCUT2D eigenvalue weighted by Crippen LogP contribution is 2.29. The van der Waals surface area contributed by atoms with E-state index in [1.807, 2.05) is 4.57 Å². The van der Waals surface area contributed by atoms with E-state index in [1.165, 1.54) is 24.3 Å². The summed E-state index contributed by atoms with van der Waals surface area (Å²) >= 11 is 0. The summed E-state index contributed by atoms with van der Waals surface area (Å²) in [6.45, 7) is 0.811. The zero-order chi connectivity index (χ0) is 31.7. The van der Waals surface area contributed by atoms with Gasteiger partial charge < -0.3 is 19.7 Å². The smallest absolute Gasteiger partial charge is 0.326 e. The van der Waals surface area contributed by atoms with E-state index in [0.29, 0.717) is 42.7 Å². The maximum absolute atomic E-state index is 13.8. The van der Waals surface area contributed by atoms with E-state index in [0.717, 1.165) is 11.8 Å². The number of carbonyl (C=O) groups is 2. The first-order chi connectivity index (χ1) is 21.0. The van der Waals surface area contributed by atoms with Crippen molar-refractivity contribution in [1.82, 2.24) is 14.9 Å². The number of ether oxygens (including phenoxy) is 1.